The number of rotatable bonds is 8. The number of guanidine groups is 1. The van der Waals surface area contributed by atoms with Crippen molar-refractivity contribution in [2.45, 2.75) is 25.8 Å². The van der Waals surface area contributed by atoms with Gasteiger partial charge in [0.1, 0.15) is 5.82 Å². The van der Waals surface area contributed by atoms with Crippen LogP contribution in [0.25, 0.3) is 0 Å². The standard InChI is InChI=1S/C18H28FN3O2/c1-20-18(22-13-16-4-2-5-17(19)12-16)21-8-3-9-24-14-15-6-10-23-11-7-15/h2,4-5,12,15H,3,6-11,13-14H2,1H3,(H2,20,21,22). The quantitative estimate of drug-likeness (QED) is 0.434. The van der Waals surface area contributed by atoms with E-state index in [0.29, 0.717) is 18.4 Å². The highest BCUT2D eigenvalue weighted by Crippen LogP contribution is 2.14. The van der Waals surface area contributed by atoms with Gasteiger partial charge >= 0.3 is 0 Å². The highest BCUT2D eigenvalue weighted by atomic mass is 19.1. The van der Waals surface area contributed by atoms with Crippen molar-refractivity contribution >= 4 is 5.96 Å². The zero-order valence-corrected chi connectivity index (χ0v) is 14.4. The first-order valence-corrected chi connectivity index (χ1v) is 8.62. The van der Waals surface area contributed by atoms with Crippen LogP contribution >= 0.6 is 0 Å². The number of nitrogens with zero attached hydrogens (tertiary/aromatic N) is 1. The van der Waals surface area contributed by atoms with Crippen LogP contribution in [0.4, 0.5) is 4.39 Å². The lowest BCUT2D eigenvalue weighted by molar-refractivity contribution is 0.0203. The molecule has 0 saturated carbocycles. The summed E-state index contributed by atoms with van der Waals surface area (Å²) in [6.45, 7) is 4.63. The van der Waals surface area contributed by atoms with Crippen LogP contribution in [0.15, 0.2) is 29.3 Å². The minimum atomic E-state index is -0.223. The van der Waals surface area contributed by atoms with Crippen molar-refractivity contribution in [3.05, 3.63) is 35.6 Å². The van der Waals surface area contributed by atoms with Crippen LogP contribution in [0.1, 0.15) is 24.8 Å². The Labute approximate surface area is 143 Å². The van der Waals surface area contributed by atoms with E-state index in [1.807, 2.05) is 6.07 Å². The third-order valence-corrected chi connectivity index (χ3v) is 4.02. The molecular weight excluding hydrogens is 309 g/mol. The van der Waals surface area contributed by atoms with Gasteiger partial charge in [-0.3, -0.25) is 4.99 Å². The predicted molar refractivity (Wildman–Crippen MR) is 93.6 cm³/mol. The third-order valence-electron chi connectivity index (χ3n) is 4.02. The first-order valence-electron chi connectivity index (χ1n) is 8.62. The summed E-state index contributed by atoms with van der Waals surface area (Å²) in [7, 11) is 1.72. The maximum Gasteiger partial charge on any atom is 0.191 e. The average Bonchev–Trinajstić information content (AvgIpc) is 2.61. The second kappa shape index (κ2) is 11.0. The molecule has 5 nitrogen and oxygen atoms in total. The van der Waals surface area contributed by atoms with Crippen LogP contribution in [-0.2, 0) is 16.0 Å². The van der Waals surface area contributed by atoms with E-state index in [9.17, 15) is 4.39 Å². The molecule has 6 heteroatoms. The number of ether oxygens (including phenoxy) is 2. The normalized spacial score (nSPS) is 16.2. The summed E-state index contributed by atoms with van der Waals surface area (Å²) in [6, 6.07) is 6.55. The van der Waals surface area contributed by atoms with Crippen molar-refractivity contribution in [1.82, 2.24) is 10.6 Å². The molecule has 0 bridgehead atoms. The fourth-order valence-electron chi connectivity index (χ4n) is 2.60. The molecule has 0 unspecified atom stereocenters. The molecule has 0 aliphatic carbocycles. The molecular formula is C18H28FN3O2. The maximum atomic E-state index is 13.1. The van der Waals surface area contributed by atoms with E-state index >= 15 is 0 Å². The van der Waals surface area contributed by atoms with Gasteiger partial charge in [0, 0.05) is 46.6 Å². The van der Waals surface area contributed by atoms with Gasteiger partial charge in [0.15, 0.2) is 5.96 Å². The van der Waals surface area contributed by atoms with Gasteiger partial charge in [0.05, 0.1) is 0 Å². The molecule has 2 rings (SSSR count). The maximum absolute atomic E-state index is 13.1. The van der Waals surface area contributed by atoms with Crippen LogP contribution in [0.2, 0.25) is 0 Å². The molecule has 24 heavy (non-hydrogen) atoms. The highest BCUT2D eigenvalue weighted by Gasteiger charge is 2.13. The molecule has 1 aromatic rings. The largest absolute Gasteiger partial charge is 0.381 e. The number of nitrogens with one attached hydrogen (secondary N) is 2. The fourth-order valence-corrected chi connectivity index (χ4v) is 2.60. The first kappa shape index (κ1) is 18.7. The lowest BCUT2D eigenvalue weighted by Crippen LogP contribution is -2.37. The van der Waals surface area contributed by atoms with E-state index < -0.39 is 0 Å². The molecule has 0 spiro atoms. The Bertz CT molecular complexity index is 505. The van der Waals surface area contributed by atoms with Crippen LogP contribution in [0.3, 0.4) is 0 Å². The summed E-state index contributed by atoms with van der Waals surface area (Å²) in [4.78, 5) is 4.16. The van der Waals surface area contributed by atoms with Crippen molar-refractivity contribution in [3.63, 3.8) is 0 Å². The van der Waals surface area contributed by atoms with Crippen molar-refractivity contribution < 1.29 is 13.9 Å². The molecule has 1 heterocycles. The first-order chi connectivity index (χ1) is 11.8. The lowest BCUT2D eigenvalue weighted by atomic mass is 10.0. The number of hydrogen-bond donors (Lipinski definition) is 2. The molecule has 1 aromatic carbocycles. The van der Waals surface area contributed by atoms with Gasteiger partial charge in [-0.25, -0.2) is 4.39 Å². The Morgan fingerprint density at radius 2 is 2.17 bits per heavy atom. The molecule has 2 N–H and O–H groups in total. The second-order valence-corrected chi connectivity index (χ2v) is 5.97. The Hall–Kier alpha value is -1.66. The Kier molecular flexibility index (Phi) is 8.55. The number of hydrogen-bond acceptors (Lipinski definition) is 3. The topological polar surface area (TPSA) is 54.9 Å². The van der Waals surface area contributed by atoms with Crippen LogP contribution in [-0.4, -0.2) is 46.0 Å². The van der Waals surface area contributed by atoms with Crippen molar-refractivity contribution in [2.24, 2.45) is 10.9 Å². The Morgan fingerprint density at radius 3 is 2.92 bits per heavy atom. The monoisotopic (exact) mass is 337 g/mol. The number of aliphatic imine (C=N–C) groups is 1. The van der Waals surface area contributed by atoms with Crippen LogP contribution in [0.5, 0.6) is 0 Å². The Morgan fingerprint density at radius 1 is 1.33 bits per heavy atom. The van der Waals surface area contributed by atoms with E-state index in [4.69, 9.17) is 9.47 Å². The van der Waals surface area contributed by atoms with E-state index in [2.05, 4.69) is 15.6 Å². The zero-order chi connectivity index (χ0) is 17.0. The Balaban J connectivity index is 1.53. The predicted octanol–water partition coefficient (Wildman–Crippen LogP) is 2.32. The number of benzene rings is 1. The van der Waals surface area contributed by atoms with Gasteiger partial charge in [0.25, 0.3) is 0 Å². The van der Waals surface area contributed by atoms with Crippen molar-refractivity contribution in [3.8, 4) is 0 Å². The SMILES string of the molecule is CN=C(NCCCOCC1CCOCC1)NCc1cccc(F)c1. The summed E-state index contributed by atoms with van der Waals surface area (Å²) >= 11 is 0. The summed E-state index contributed by atoms with van der Waals surface area (Å²) in [5, 5.41) is 6.41. The molecule has 1 saturated heterocycles. The molecule has 1 aliphatic heterocycles. The zero-order valence-electron chi connectivity index (χ0n) is 14.4. The smallest absolute Gasteiger partial charge is 0.191 e. The van der Waals surface area contributed by atoms with Gasteiger partial charge in [-0.05, 0) is 42.9 Å². The van der Waals surface area contributed by atoms with Crippen LogP contribution in [0, 0.1) is 11.7 Å². The average molecular weight is 337 g/mol. The molecule has 0 amide bonds. The van der Waals surface area contributed by atoms with Gasteiger partial charge in [0.2, 0.25) is 0 Å². The van der Waals surface area contributed by atoms with Gasteiger partial charge in [-0.2, -0.15) is 0 Å². The van der Waals surface area contributed by atoms with Crippen LogP contribution < -0.4 is 10.6 Å². The van der Waals surface area contributed by atoms with E-state index in [1.54, 1.807) is 13.1 Å². The highest BCUT2D eigenvalue weighted by molar-refractivity contribution is 5.79. The third kappa shape index (κ3) is 7.27. The van der Waals surface area contributed by atoms with Crippen molar-refractivity contribution in [2.75, 3.05) is 40.0 Å². The summed E-state index contributed by atoms with van der Waals surface area (Å²) in [5.74, 6) is 1.13. The molecule has 1 fully saturated rings. The molecule has 0 atom stereocenters. The molecule has 134 valence electrons. The van der Waals surface area contributed by atoms with Crippen molar-refractivity contribution in [1.29, 1.82) is 0 Å². The minimum absolute atomic E-state index is 0.223. The minimum Gasteiger partial charge on any atom is -0.381 e. The summed E-state index contributed by atoms with van der Waals surface area (Å²) in [6.07, 6.45) is 3.13. The van der Waals surface area contributed by atoms with Gasteiger partial charge in [-0.1, -0.05) is 12.1 Å². The fraction of sp³-hybridized carbons (Fsp3) is 0.611. The van der Waals surface area contributed by atoms with E-state index in [0.717, 1.165) is 57.8 Å². The summed E-state index contributed by atoms with van der Waals surface area (Å²) in [5.41, 5.74) is 0.887. The van der Waals surface area contributed by atoms with E-state index in [-0.39, 0.29) is 5.82 Å². The summed E-state index contributed by atoms with van der Waals surface area (Å²) < 4.78 is 24.2. The number of halogens is 1. The molecule has 0 radical (unpaired) electrons. The van der Waals surface area contributed by atoms with Gasteiger partial charge < -0.3 is 20.1 Å². The lowest BCUT2D eigenvalue weighted by Gasteiger charge is -2.21. The second-order valence-electron chi connectivity index (χ2n) is 5.97. The van der Waals surface area contributed by atoms with E-state index in [1.165, 1.54) is 12.1 Å². The molecule has 1 aliphatic rings. The molecule has 0 aromatic heterocycles. The van der Waals surface area contributed by atoms with Gasteiger partial charge in [-0.15, -0.1) is 0 Å².